The normalized spacial score (nSPS) is 26.8. The summed E-state index contributed by atoms with van der Waals surface area (Å²) in [5.74, 6) is 0.174. The van der Waals surface area contributed by atoms with Crippen LogP contribution in [-0.4, -0.2) is 107 Å². The fourth-order valence-electron chi connectivity index (χ4n) is 8.88. The zero-order valence-corrected chi connectivity index (χ0v) is 34.3. The van der Waals surface area contributed by atoms with Crippen LogP contribution in [0.2, 0.25) is 0 Å². The Labute approximate surface area is 325 Å². The van der Waals surface area contributed by atoms with E-state index >= 15 is 4.79 Å². The van der Waals surface area contributed by atoms with Gasteiger partial charge in [0.25, 0.3) is 5.91 Å². The third-order valence-electron chi connectivity index (χ3n) is 12.2. The van der Waals surface area contributed by atoms with Gasteiger partial charge in [-0.15, -0.1) is 11.8 Å². The lowest BCUT2D eigenvalue weighted by atomic mass is 9.70. The van der Waals surface area contributed by atoms with E-state index in [1.807, 2.05) is 13.8 Å². The number of rotatable bonds is 14. The lowest BCUT2D eigenvalue weighted by molar-refractivity contribution is -0.144. The number of hydrogen-bond donors (Lipinski definition) is 4. The molecule has 5 fully saturated rings. The standard InChI is InChI=1S/C38H63N5O7S3/c1-3-4-7-14-28(31(44)34(46)39-27-16-17-27)40-33(45)29-25-51-22-13-23-52-26-43(29)35(47)32(37(2)18-8-5-9-19-37)41-36(48)42-38(20-10-6-11-21-38)30-15-12-24-53(30,49)50/h27-30,32H,3-26H2,1-2H3,(H,39,46)(H,40,45)(H2,41,42,48)/t28-,29+,30+,32-/m1/s1. The van der Waals surface area contributed by atoms with Gasteiger partial charge in [-0.3, -0.25) is 19.2 Å². The first kappa shape index (κ1) is 42.1. The van der Waals surface area contributed by atoms with Crippen LogP contribution in [0.5, 0.6) is 0 Å². The smallest absolute Gasteiger partial charge is 0.315 e. The topological polar surface area (TPSA) is 171 Å². The first-order valence-electron chi connectivity index (χ1n) is 20.3. The minimum Gasteiger partial charge on any atom is -0.347 e. The monoisotopic (exact) mass is 797 g/mol. The maximum atomic E-state index is 15.1. The van der Waals surface area contributed by atoms with Gasteiger partial charge in [0.1, 0.15) is 12.1 Å². The second-order valence-corrected chi connectivity index (χ2v) is 20.9. The van der Waals surface area contributed by atoms with E-state index < -0.39 is 67.8 Å². The number of unbranched alkanes of at least 4 members (excludes halogenated alkanes) is 2. The molecule has 5 amide bonds. The molecule has 3 saturated carbocycles. The summed E-state index contributed by atoms with van der Waals surface area (Å²) in [6.45, 7) is 4.09. The van der Waals surface area contributed by atoms with Crippen LogP contribution in [0.3, 0.4) is 0 Å². The zero-order chi connectivity index (χ0) is 38.1. The molecule has 0 aromatic heterocycles. The molecule has 0 radical (unpaired) electrons. The molecular formula is C38H63N5O7S3. The minimum absolute atomic E-state index is 0.00711. The summed E-state index contributed by atoms with van der Waals surface area (Å²) < 4.78 is 26.5. The van der Waals surface area contributed by atoms with E-state index in [1.165, 1.54) is 0 Å². The maximum Gasteiger partial charge on any atom is 0.315 e. The Bertz CT molecular complexity index is 1410. The number of urea groups is 1. The van der Waals surface area contributed by atoms with E-state index in [4.69, 9.17) is 0 Å². The summed E-state index contributed by atoms with van der Waals surface area (Å²) in [4.78, 5) is 71.5. The van der Waals surface area contributed by atoms with Crippen molar-refractivity contribution in [3.05, 3.63) is 0 Å². The van der Waals surface area contributed by atoms with Crippen molar-refractivity contribution in [2.24, 2.45) is 5.41 Å². The number of hydrogen-bond acceptors (Lipinski definition) is 9. The fraction of sp³-hybridized carbons (Fsp3) is 0.868. The maximum absolute atomic E-state index is 15.1. The minimum atomic E-state index is -3.36. The Morgan fingerprint density at radius 2 is 1.51 bits per heavy atom. The van der Waals surface area contributed by atoms with Crippen LogP contribution in [0.1, 0.15) is 136 Å². The van der Waals surface area contributed by atoms with Gasteiger partial charge in [-0.2, -0.15) is 11.8 Å². The molecule has 12 nitrogen and oxygen atoms in total. The van der Waals surface area contributed by atoms with E-state index in [-0.39, 0.29) is 23.6 Å². The number of nitrogens with zero attached hydrogens (tertiary/aromatic N) is 1. The number of ketones is 1. The van der Waals surface area contributed by atoms with Crippen LogP contribution >= 0.6 is 23.5 Å². The third kappa shape index (κ3) is 11.1. The average Bonchev–Trinajstić information content (AvgIpc) is 3.85. The van der Waals surface area contributed by atoms with Gasteiger partial charge in [0.2, 0.25) is 17.6 Å². The van der Waals surface area contributed by atoms with Crippen molar-refractivity contribution in [1.29, 1.82) is 0 Å². The molecule has 4 N–H and O–H groups in total. The van der Waals surface area contributed by atoms with Crippen molar-refractivity contribution in [2.75, 3.05) is 28.9 Å². The first-order chi connectivity index (χ1) is 25.4. The van der Waals surface area contributed by atoms with Crippen LogP contribution in [-0.2, 0) is 29.0 Å². The van der Waals surface area contributed by atoms with E-state index in [0.29, 0.717) is 44.3 Å². The van der Waals surface area contributed by atoms with Crippen LogP contribution in [0, 0.1) is 5.41 Å². The number of carbonyl (C=O) groups excluding carboxylic acids is 5. The van der Waals surface area contributed by atoms with Gasteiger partial charge in [0, 0.05) is 11.8 Å². The van der Waals surface area contributed by atoms with Gasteiger partial charge >= 0.3 is 6.03 Å². The fourth-order valence-corrected chi connectivity index (χ4v) is 13.5. The quantitative estimate of drug-likeness (QED) is 0.142. The van der Waals surface area contributed by atoms with Gasteiger partial charge in [0.05, 0.1) is 28.5 Å². The van der Waals surface area contributed by atoms with E-state index in [0.717, 1.165) is 95.0 Å². The van der Waals surface area contributed by atoms with Gasteiger partial charge < -0.3 is 26.2 Å². The molecule has 4 atom stereocenters. The summed E-state index contributed by atoms with van der Waals surface area (Å²) in [6, 6.07) is -3.39. The van der Waals surface area contributed by atoms with E-state index in [1.54, 1.807) is 28.4 Å². The predicted octanol–water partition coefficient (Wildman–Crippen LogP) is 4.84. The summed E-state index contributed by atoms with van der Waals surface area (Å²) >= 11 is 3.16. The largest absolute Gasteiger partial charge is 0.347 e. The molecule has 15 heteroatoms. The third-order valence-corrected chi connectivity index (χ3v) is 16.8. The second kappa shape index (κ2) is 19.2. The molecule has 3 aliphatic carbocycles. The Balaban J connectivity index is 1.41. The summed E-state index contributed by atoms with van der Waals surface area (Å²) in [6.07, 6.45) is 14.6. The van der Waals surface area contributed by atoms with Gasteiger partial charge in [-0.1, -0.05) is 71.6 Å². The van der Waals surface area contributed by atoms with Crippen molar-refractivity contribution in [3.63, 3.8) is 0 Å². The molecule has 0 bridgehead atoms. The highest BCUT2D eigenvalue weighted by molar-refractivity contribution is 8.00. The number of carbonyl (C=O) groups is 5. The highest BCUT2D eigenvalue weighted by Gasteiger charge is 2.51. The van der Waals surface area contributed by atoms with Crippen LogP contribution < -0.4 is 21.3 Å². The number of amides is 5. The zero-order valence-electron chi connectivity index (χ0n) is 31.9. The SMILES string of the molecule is CCCCC[C@@H](NC(=O)[C@@H]1CSCCCSCN1C(=O)[C@@H](NC(=O)NC1([C@@H]2CCCS2(=O)=O)CCCCC1)C1(C)CCCCC1)C(=O)C(=O)NC1CC1. The highest BCUT2D eigenvalue weighted by Crippen LogP contribution is 2.42. The number of nitrogens with one attached hydrogen (secondary N) is 4. The molecule has 5 rings (SSSR count). The Kier molecular flexibility index (Phi) is 15.3. The molecule has 0 unspecified atom stereocenters. The predicted molar refractivity (Wildman–Crippen MR) is 211 cm³/mol. The second-order valence-electron chi connectivity index (χ2n) is 16.4. The molecule has 0 spiro atoms. The van der Waals surface area contributed by atoms with Crippen LogP contribution in [0.4, 0.5) is 4.79 Å². The lowest BCUT2D eigenvalue weighted by Gasteiger charge is -2.45. The summed E-state index contributed by atoms with van der Waals surface area (Å²) in [5.41, 5.74) is -1.46. The van der Waals surface area contributed by atoms with Crippen LogP contribution in [0.15, 0.2) is 0 Å². The number of thioether (sulfide) groups is 2. The van der Waals surface area contributed by atoms with Crippen molar-refractivity contribution in [2.45, 2.75) is 171 Å². The number of sulfone groups is 1. The average molecular weight is 798 g/mol. The molecule has 0 aromatic carbocycles. The molecule has 53 heavy (non-hydrogen) atoms. The van der Waals surface area contributed by atoms with Crippen molar-refractivity contribution < 1.29 is 32.4 Å². The van der Waals surface area contributed by atoms with Crippen molar-refractivity contribution in [1.82, 2.24) is 26.2 Å². The van der Waals surface area contributed by atoms with Crippen LogP contribution in [0.25, 0.3) is 0 Å². The van der Waals surface area contributed by atoms with Crippen molar-refractivity contribution in [3.8, 4) is 0 Å². The Hall–Kier alpha value is -2.00. The molecular weight excluding hydrogens is 735 g/mol. The lowest BCUT2D eigenvalue weighted by Crippen LogP contribution is -2.66. The highest BCUT2D eigenvalue weighted by atomic mass is 32.2. The van der Waals surface area contributed by atoms with E-state index in [9.17, 15) is 27.6 Å². The Morgan fingerprint density at radius 1 is 0.830 bits per heavy atom. The molecule has 2 heterocycles. The molecule has 2 aliphatic heterocycles. The molecule has 300 valence electrons. The van der Waals surface area contributed by atoms with Crippen molar-refractivity contribution >= 4 is 62.9 Å². The van der Waals surface area contributed by atoms with Gasteiger partial charge in [-0.25, -0.2) is 13.2 Å². The molecule has 5 aliphatic rings. The van der Waals surface area contributed by atoms with Gasteiger partial charge in [0.15, 0.2) is 9.84 Å². The van der Waals surface area contributed by atoms with E-state index in [2.05, 4.69) is 21.3 Å². The first-order valence-corrected chi connectivity index (χ1v) is 24.3. The molecule has 2 saturated heterocycles. The molecule has 0 aromatic rings. The number of Topliss-reactive ketones (excluding diaryl/α,β-unsaturated/α-hetero) is 1. The Morgan fingerprint density at radius 3 is 2.15 bits per heavy atom. The summed E-state index contributed by atoms with van der Waals surface area (Å²) in [7, 11) is -3.36. The van der Waals surface area contributed by atoms with Gasteiger partial charge in [-0.05, 0) is 81.1 Å². The summed E-state index contributed by atoms with van der Waals surface area (Å²) in [5, 5.41) is 11.3.